The Morgan fingerprint density at radius 3 is 1.97 bits per heavy atom. The molecule has 2 aromatic carbocycles. The third-order valence-corrected chi connectivity index (χ3v) is 4.69. The maximum atomic E-state index is 12.9. The zero-order chi connectivity index (χ0) is 22.1. The Morgan fingerprint density at radius 1 is 0.833 bits per heavy atom. The summed E-state index contributed by atoms with van der Waals surface area (Å²) < 4.78 is 0. The highest BCUT2D eigenvalue weighted by Gasteiger charge is 2.19. The van der Waals surface area contributed by atoms with E-state index in [-0.39, 0.29) is 30.8 Å². The monoisotopic (exact) mass is 410 g/mol. The number of rotatable bonds is 9. The summed E-state index contributed by atoms with van der Waals surface area (Å²) in [5.41, 5.74) is 3.23. The Kier molecular flexibility index (Phi) is 8.55. The molecule has 2 N–H and O–H groups in total. The molecule has 0 bridgehead atoms. The molecule has 0 aliphatic carbocycles. The number of hydrogen-bond donors (Lipinski definition) is 2. The van der Waals surface area contributed by atoms with Crippen LogP contribution in [-0.2, 0) is 14.4 Å². The quantitative estimate of drug-likeness (QED) is 0.665. The molecule has 0 spiro atoms. The summed E-state index contributed by atoms with van der Waals surface area (Å²) >= 11 is 0. The van der Waals surface area contributed by atoms with Gasteiger partial charge in [-0.3, -0.25) is 19.3 Å². The van der Waals surface area contributed by atoms with Gasteiger partial charge in [0, 0.05) is 30.5 Å². The van der Waals surface area contributed by atoms with Crippen LogP contribution in [0.3, 0.4) is 0 Å². The maximum Gasteiger partial charge on any atom is 0.241 e. The molecular weight excluding hydrogens is 380 g/mol. The van der Waals surface area contributed by atoms with E-state index in [4.69, 9.17) is 0 Å². The van der Waals surface area contributed by atoms with Gasteiger partial charge in [-0.25, -0.2) is 0 Å². The number of nitrogens with zero attached hydrogens (tertiary/aromatic N) is 2. The first-order valence-electron chi connectivity index (χ1n) is 10.1. The van der Waals surface area contributed by atoms with Crippen molar-refractivity contribution in [2.75, 3.05) is 41.7 Å². The number of benzene rings is 2. The lowest BCUT2D eigenvalue weighted by atomic mass is 10.2. The lowest BCUT2D eigenvalue weighted by Gasteiger charge is -2.26. The molecule has 0 aliphatic rings. The summed E-state index contributed by atoms with van der Waals surface area (Å²) in [4.78, 5) is 40.0. The van der Waals surface area contributed by atoms with Crippen LogP contribution < -0.4 is 15.5 Å². The summed E-state index contributed by atoms with van der Waals surface area (Å²) in [5.74, 6) is -0.390. The van der Waals surface area contributed by atoms with Crippen molar-refractivity contribution < 1.29 is 14.4 Å². The number of para-hydroxylation sites is 1. The third-order valence-electron chi connectivity index (χ3n) is 4.69. The molecule has 7 nitrogen and oxygen atoms in total. The summed E-state index contributed by atoms with van der Waals surface area (Å²) in [6.07, 6.45) is 0. The molecule has 0 radical (unpaired) electrons. The second-order valence-corrected chi connectivity index (χ2v) is 7.03. The van der Waals surface area contributed by atoms with E-state index in [2.05, 4.69) is 10.6 Å². The van der Waals surface area contributed by atoms with Crippen molar-refractivity contribution in [3.63, 3.8) is 0 Å². The largest absolute Gasteiger partial charge is 0.326 e. The van der Waals surface area contributed by atoms with Crippen LogP contribution in [0.1, 0.15) is 26.3 Å². The number of carbonyl (C=O) groups excluding carboxylic acids is 3. The highest BCUT2D eigenvalue weighted by atomic mass is 16.2. The third kappa shape index (κ3) is 6.70. The second-order valence-electron chi connectivity index (χ2n) is 7.03. The molecule has 0 saturated heterocycles. The average Bonchev–Trinajstić information content (AvgIpc) is 2.70. The Bertz CT molecular complexity index is 880. The lowest BCUT2D eigenvalue weighted by Crippen LogP contribution is -2.43. The highest BCUT2D eigenvalue weighted by Crippen LogP contribution is 2.19. The first-order chi connectivity index (χ1) is 14.3. The van der Waals surface area contributed by atoms with Crippen molar-refractivity contribution in [2.24, 2.45) is 0 Å². The number of anilines is 3. The van der Waals surface area contributed by atoms with Crippen molar-refractivity contribution in [1.29, 1.82) is 0 Å². The van der Waals surface area contributed by atoms with Gasteiger partial charge in [-0.2, -0.15) is 0 Å². The molecule has 0 fully saturated rings. The average molecular weight is 411 g/mol. The summed E-state index contributed by atoms with van der Waals surface area (Å²) in [6.45, 7) is 8.70. The summed E-state index contributed by atoms with van der Waals surface area (Å²) in [6, 6.07) is 14.7. The van der Waals surface area contributed by atoms with Crippen LogP contribution in [-0.4, -0.2) is 48.8 Å². The Labute approximate surface area is 178 Å². The van der Waals surface area contributed by atoms with Crippen molar-refractivity contribution in [3.8, 4) is 0 Å². The first kappa shape index (κ1) is 23.1. The smallest absolute Gasteiger partial charge is 0.241 e. The molecule has 2 rings (SSSR count). The predicted molar refractivity (Wildman–Crippen MR) is 121 cm³/mol. The second kappa shape index (κ2) is 11.1. The minimum atomic E-state index is -0.198. The molecule has 0 aromatic heterocycles. The van der Waals surface area contributed by atoms with Crippen LogP contribution in [0.5, 0.6) is 0 Å². The fraction of sp³-hybridized carbons (Fsp3) is 0.348. The van der Waals surface area contributed by atoms with E-state index in [9.17, 15) is 14.4 Å². The Morgan fingerprint density at radius 2 is 1.43 bits per heavy atom. The van der Waals surface area contributed by atoms with E-state index in [1.807, 2.05) is 49.9 Å². The van der Waals surface area contributed by atoms with Gasteiger partial charge in [0.05, 0.1) is 13.1 Å². The van der Waals surface area contributed by atoms with Gasteiger partial charge in [-0.15, -0.1) is 0 Å². The molecule has 0 heterocycles. The van der Waals surface area contributed by atoms with Crippen molar-refractivity contribution in [1.82, 2.24) is 4.90 Å². The highest BCUT2D eigenvalue weighted by molar-refractivity contribution is 5.97. The van der Waals surface area contributed by atoms with Crippen LogP contribution in [0.25, 0.3) is 0 Å². The number of likely N-dealkylation sites (N-methyl/N-ethyl adjacent to an activating group) is 2. The number of aryl methyl sites for hydroxylation is 1. The van der Waals surface area contributed by atoms with Gasteiger partial charge >= 0.3 is 0 Å². The van der Waals surface area contributed by atoms with E-state index in [0.717, 1.165) is 11.3 Å². The summed E-state index contributed by atoms with van der Waals surface area (Å²) in [7, 11) is 0. The molecule has 0 atom stereocenters. The number of hydrogen-bond acceptors (Lipinski definition) is 4. The summed E-state index contributed by atoms with van der Waals surface area (Å²) in [5, 5.41) is 5.51. The van der Waals surface area contributed by atoms with E-state index in [1.165, 1.54) is 6.92 Å². The van der Waals surface area contributed by atoms with Gasteiger partial charge in [0.25, 0.3) is 0 Å². The van der Waals surface area contributed by atoms with Crippen molar-refractivity contribution in [3.05, 3.63) is 54.1 Å². The minimum Gasteiger partial charge on any atom is -0.326 e. The van der Waals surface area contributed by atoms with Gasteiger partial charge in [0.2, 0.25) is 17.7 Å². The van der Waals surface area contributed by atoms with Crippen molar-refractivity contribution in [2.45, 2.75) is 27.7 Å². The Hall–Kier alpha value is -3.19. The molecular formula is C23H30N4O3. The van der Waals surface area contributed by atoms with E-state index >= 15 is 0 Å². The fourth-order valence-electron chi connectivity index (χ4n) is 3.15. The van der Waals surface area contributed by atoms with Crippen LogP contribution in [0.4, 0.5) is 17.1 Å². The molecule has 30 heavy (non-hydrogen) atoms. The van der Waals surface area contributed by atoms with Crippen LogP contribution in [0, 0.1) is 6.92 Å². The number of amides is 3. The fourth-order valence-corrected chi connectivity index (χ4v) is 3.15. The Balaban J connectivity index is 1.95. The normalized spacial score (nSPS) is 10.6. The van der Waals surface area contributed by atoms with E-state index in [0.29, 0.717) is 24.5 Å². The molecule has 160 valence electrons. The molecule has 0 saturated carbocycles. The van der Waals surface area contributed by atoms with Crippen LogP contribution in [0.15, 0.2) is 48.5 Å². The SMILES string of the molecule is CCN(CC(=O)Nc1ccc(NC(C)=O)cc1)CC(=O)N(CC)c1ccccc1C. The molecule has 3 amide bonds. The standard InChI is InChI=1S/C23H30N4O3/c1-5-26(16-23(30)27(6-2)21-10-8-7-9-17(21)3)15-22(29)25-20-13-11-19(12-14-20)24-18(4)28/h7-14H,5-6,15-16H2,1-4H3,(H,24,28)(H,25,29). The molecule has 7 heteroatoms. The van der Waals surface area contributed by atoms with Crippen LogP contribution in [0.2, 0.25) is 0 Å². The molecule has 0 aliphatic heterocycles. The predicted octanol–water partition coefficient (Wildman–Crippen LogP) is 3.27. The van der Waals surface area contributed by atoms with Crippen LogP contribution >= 0.6 is 0 Å². The van der Waals surface area contributed by atoms with E-state index < -0.39 is 0 Å². The minimum absolute atomic E-state index is 0.0406. The van der Waals surface area contributed by atoms with Crippen molar-refractivity contribution >= 4 is 34.8 Å². The lowest BCUT2D eigenvalue weighted by molar-refractivity contribution is -0.121. The van der Waals surface area contributed by atoms with Gasteiger partial charge in [0.15, 0.2) is 0 Å². The van der Waals surface area contributed by atoms with Gasteiger partial charge in [0.1, 0.15) is 0 Å². The van der Waals surface area contributed by atoms with Gasteiger partial charge in [-0.05, 0) is 56.3 Å². The topological polar surface area (TPSA) is 81.8 Å². The zero-order valence-electron chi connectivity index (χ0n) is 18.1. The first-order valence-corrected chi connectivity index (χ1v) is 10.1. The molecule has 0 unspecified atom stereocenters. The molecule has 2 aromatic rings. The van der Waals surface area contributed by atoms with E-state index in [1.54, 1.807) is 29.2 Å². The maximum absolute atomic E-state index is 12.9. The number of carbonyl (C=O) groups is 3. The zero-order valence-corrected chi connectivity index (χ0v) is 18.1. The number of nitrogens with one attached hydrogen (secondary N) is 2. The van der Waals surface area contributed by atoms with Gasteiger partial charge < -0.3 is 15.5 Å². The van der Waals surface area contributed by atoms with Gasteiger partial charge in [-0.1, -0.05) is 25.1 Å².